The summed E-state index contributed by atoms with van der Waals surface area (Å²) in [5, 5.41) is 5.11. The highest BCUT2D eigenvalue weighted by Crippen LogP contribution is 2.16. The second-order valence-corrected chi connectivity index (χ2v) is 6.41. The molecule has 0 radical (unpaired) electrons. The number of nitrogens with two attached hydrogens (primary N) is 1. The van der Waals surface area contributed by atoms with Crippen molar-refractivity contribution in [2.24, 2.45) is 5.14 Å². The van der Waals surface area contributed by atoms with Gasteiger partial charge in [0.1, 0.15) is 11.6 Å². The van der Waals surface area contributed by atoms with Gasteiger partial charge in [0.2, 0.25) is 0 Å². The number of aromatic nitrogens is 2. The molecular weight excluding hydrogens is 266 g/mol. The fourth-order valence-electron chi connectivity index (χ4n) is 1.99. The second-order valence-electron chi connectivity index (χ2n) is 4.86. The SMILES string of the molecule is CC(C)c1nccc(N2CCN(S(N)(=O)=O)CC2)n1. The first-order valence-corrected chi connectivity index (χ1v) is 7.74. The van der Waals surface area contributed by atoms with Crippen molar-refractivity contribution < 1.29 is 8.42 Å². The molecular formula is C11H19N5O2S. The minimum Gasteiger partial charge on any atom is -0.354 e. The van der Waals surface area contributed by atoms with E-state index < -0.39 is 10.2 Å². The zero-order valence-electron chi connectivity index (χ0n) is 11.2. The average molecular weight is 285 g/mol. The third kappa shape index (κ3) is 3.40. The van der Waals surface area contributed by atoms with Crippen LogP contribution in [0, 0.1) is 0 Å². The lowest BCUT2D eigenvalue weighted by molar-refractivity contribution is 0.384. The maximum absolute atomic E-state index is 11.2. The fourth-order valence-corrected chi connectivity index (χ4v) is 2.66. The number of rotatable bonds is 3. The molecule has 1 aromatic rings. The highest BCUT2D eigenvalue weighted by molar-refractivity contribution is 7.86. The van der Waals surface area contributed by atoms with Gasteiger partial charge in [0.15, 0.2) is 0 Å². The first-order valence-electron chi connectivity index (χ1n) is 6.23. The van der Waals surface area contributed by atoms with Crippen LogP contribution < -0.4 is 10.0 Å². The first kappa shape index (κ1) is 14.2. The van der Waals surface area contributed by atoms with Gasteiger partial charge in [0, 0.05) is 38.3 Å². The predicted molar refractivity (Wildman–Crippen MR) is 73.0 cm³/mol. The Hall–Kier alpha value is -1.25. The van der Waals surface area contributed by atoms with Gasteiger partial charge in [0.25, 0.3) is 10.2 Å². The lowest BCUT2D eigenvalue weighted by atomic mass is 10.2. The zero-order chi connectivity index (χ0) is 14.0. The fraction of sp³-hybridized carbons (Fsp3) is 0.636. The summed E-state index contributed by atoms with van der Waals surface area (Å²) in [5.74, 6) is 1.91. The van der Waals surface area contributed by atoms with Gasteiger partial charge in [-0.2, -0.15) is 12.7 Å². The molecule has 106 valence electrons. The molecule has 19 heavy (non-hydrogen) atoms. The summed E-state index contributed by atoms with van der Waals surface area (Å²) in [7, 11) is -3.58. The van der Waals surface area contributed by atoms with Crippen LogP contribution in [0.15, 0.2) is 12.3 Å². The van der Waals surface area contributed by atoms with Gasteiger partial charge >= 0.3 is 0 Å². The largest absolute Gasteiger partial charge is 0.354 e. The molecule has 0 amide bonds. The molecule has 7 nitrogen and oxygen atoms in total. The number of nitrogens with zero attached hydrogens (tertiary/aromatic N) is 4. The Kier molecular flexibility index (Phi) is 4.02. The molecule has 0 atom stereocenters. The topological polar surface area (TPSA) is 92.4 Å². The van der Waals surface area contributed by atoms with Gasteiger partial charge in [-0.1, -0.05) is 13.8 Å². The maximum atomic E-state index is 11.2. The third-order valence-electron chi connectivity index (χ3n) is 3.10. The van der Waals surface area contributed by atoms with Gasteiger partial charge in [-0.25, -0.2) is 15.1 Å². The van der Waals surface area contributed by atoms with Crippen molar-refractivity contribution in [2.45, 2.75) is 19.8 Å². The molecule has 1 aromatic heterocycles. The van der Waals surface area contributed by atoms with E-state index in [1.807, 2.05) is 19.9 Å². The molecule has 0 bridgehead atoms. The van der Waals surface area contributed by atoms with Crippen LogP contribution >= 0.6 is 0 Å². The highest BCUT2D eigenvalue weighted by Gasteiger charge is 2.24. The summed E-state index contributed by atoms with van der Waals surface area (Å²) >= 11 is 0. The Labute approximate surface area is 113 Å². The monoisotopic (exact) mass is 285 g/mol. The highest BCUT2D eigenvalue weighted by atomic mass is 32.2. The van der Waals surface area contributed by atoms with E-state index in [-0.39, 0.29) is 5.92 Å². The van der Waals surface area contributed by atoms with E-state index in [0.717, 1.165) is 11.6 Å². The van der Waals surface area contributed by atoms with Crippen molar-refractivity contribution in [2.75, 3.05) is 31.1 Å². The van der Waals surface area contributed by atoms with E-state index in [1.54, 1.807) is 6.20 Å². The summed E-state index contributed by atoms with van der Waals surface area (Å²) < 4.78 is 23.8. The Morgan fingerprint density at radius 2 is 1.89 bits per heavy atom. The van der Waals surface area contributed by atoms with E-state index in [0.29, 0.717) is 26.2 Å². The molecule has 1 aliphatic rings. The molecule has 0 aliphatic carbocycles. The second kappa shape index (κ2) is 5.40. The molecule has 1 aliphatic heterocycles. The number of anilines is 1. The molecule has 8 heteroatoms. The van der Waals surface area contributed by atoms with Crippen LogP contribution in [0.4, 0.5) is 5.82 Å². The van der Waals surface area contributed by atoms with Gasteiger partial charge in [-0.15, -0.1) is 0 Å². The van der Waals surface area contributed by atoms with Crippen LogP contribution in [0.3, 0.4) is 0 Å². The number of hydrogen-bond acceptors (Lipinski definition) is 5. The van der Waals surface area contributed by atoms with Crippen molar-refractivity contribution >= 4 is 16.0 Å². The van der Waals surface area contributed by atoms with Gasteiger partial charge in [-0.3, -0.25) is 0 Å². The predicted octanol–water partition coefficient (Wildman–Crippen LogP) is -0.0745. The summed E-state index contributed by atoms with van der Waals surface area (Å²) in [6.07, 6.45) is 1.74. The van der Waals surface area contributed by atoms with Crippen molar-refractivity contribution in [1.29, 1.82) is 0 Å². The molecule has 0 spiro atoms. The molecule has 0 aromatic carbocycles. The van der Waals surface area contributed by atoms with E-state index in [9.17, 15) is 8.42 Å². The van der Waals surface area contributed by atoms with Gasteiger partial charge in [0.05, 0.1) is 0 Å². The normalized spacial score (nSPS) is 18.0. The molecule has 2 N–H and O–H groups in total. The van der Waals surface area contributed by atoms with Crippen molar-refractivity contribution in [1.82, 2.24) is 14.3 Å². The van der Waals surface area contributed by atoms with Crippen molar-refractivity contribution in [3.63, 3.8) is 0 Å². The van der Waals surface area contributed by atoms with Gasteiger partial charge < -0.3 is 4.90 Å². The van der Waals surface area contributed by atoms with Gasteiger partial charge in [-0.05, 0) is 6.07 Å². The van der Waals surface area contributed by atoms with Crippen LogP contribution in [0.1, 0.15) is 25.6 Å². The Morgan fingerprint density at radius 1 is 1.26 bits per heavy atom. The van der Waals surface area contributed by atoms with Crippen LogP contribution in [0.5, 0.6) is 0 Å². The lowest BCUT2D eigenvalue weighted by Gasteiger charge is -2.33. The van der Waals surface area contributed by atoms with E-state index >= 15 is 0 Å². The summed E-state index contributed by atoms with van der Waals surface area (Å²) in [4.78, 5) is 10.8. The Bertz CT molecular complexity index is 538. The molecule has 2 rings (SSSR count). The average Bonchev–Trinajstić information content (AvgIpc) is 2.38. The minimum absolute atomic E-state index is 0.269. The van der Waals surface area contributed by atoms with Crippen molar-refractivity contribution in [3.8, 4) is 0 Å². The third-order valence-corrected chi connectivity index (χ3v) is 4.18. The molecule has 0 unspecified atom stereocenters. The van der Waals surface area contributed by atoms with E-state index in [1.165, 1.54) is 4.31 Å². The minimum atomic E-state index is -3.58. The number of hydrogen-bond donors (Lipinski definition) is 1. The molecule has 1 fully saturated rings. The van der Waals surface area contributed by atoms with E-state index in [4.69, 9.17) is 5.14 Å². The van der Waals surface area contributed by atoms with E-state index in [2.05, 4.69) is 14.9 Å². The number of piperazine rings is 1. The standard InChI is InChI=1S/C11H19N5O2S/c1-9(2)11-13-4-3-10(14-11)15-5-7-16(8-6-15)19(12,17)18/h3-4,9H,5-8H2,1-2H3,(H2,12,17,18). The summed E-state index contributed by atoms with van der Waals surface area (Å²) in [6, 6.07) is 1.85. The van der Waals surface area contributed by atoms with Crippen LogP contribution in [0.25, 0.3) is 0 Å². The first-order chi connectivity index (χ1) is 8.88. The zero-order valence-corrected chi connectivity index (χ0v) is 12.0. The molecule has 0 saturated carbocycles. The smallest absolute Gasteiger partial charge is 0.277 e. The summed E-state index contributed by atoms with van der Waals surface area (Å²) in [6.45, 7) is 6.03. The Morgan fingerprint density at radius 3 is 2.42 bits per heavy atom. The maximum Gasteiger partial charge on any atom is 0.277 e. The lowest BCUT2D eigenvalue weighted by Crippen LogP contribution is -2.51. The molecule has 1 saturated heterocycles. The molecule has 2 heterocycles. The van der Waals surface area contributed by atoms with Crippen LogP contribution in [0.2, 0.25) is 0 Å². The Balaban J connectivity index is 2.07. The van der Waals surface area contributed by atoms with Crippen molar-refractivity contribution in [3.05, 3.63) is 18.1 Å². The summed E-state index contributed by atoms with van der Waals surface area (Å²) in [5.41, 5.74) is 0. The van der Waals surface area contributed by atoms with Crippen LogP contribution in [-0.2, 0) is 10.2 Å². The van der Waals surface area contributed by atoms with Crippen LogP contribution in [-0.4, -0.2) is 48.9 Å². The quantitative estimate of drug-likeness (QED) is 0.839.